The van der Waals surface area contributed by atoms with E-state index in [0.717, 1.165) is 54.9 Å². The smallest absolute Gasteiger partial charge is 0.164 e. The van der Waals surface area contributed by atoms with E-state index in [1.54, 1.807) is 14.2 Å². The molecule has 2 atom stereocenters. The lowest BCUT2D eigenvalue weighted by molar-refractivity contribution is 0.125. The number of aliphatic hydroxyl groups is 1. The minimum Gasteiger partial charge on any atom is -0.493 e. The van der Waals surface area contributed by atoms with E-state index in [0.29, 0.717) is 0 Å². The number of rotatable bonds is 5. The molecule has 0 amide bonds. The molecule has 0 saturated heterocycles. The van der Waals surface area contributed by atoms with Crippen molar-refractivity contribution in [1.29, 1.82) is 0 Å². The van der Waals surface area contributed by atoms with Gasteiger partial charge in [-0.3, -0.25) is 0 Å². The van der Waals surface area contributed by atoms with Crippen LogP contribution in [0.5, 0.6) is 11.5 Å². The molecule has 2 N–H and O–H groups in total. The van der Waals surface area contributed by atoms with Crippen LogP contribution in [0.1, 0.15) is 43.4 Å². The normalized spacial score (nSPS) is 22.0. The molecule has 4 heteroatoms. The molecule has 0 bridgehead atoms. The third-order valence-electron chi connectivity index (χ3n) is 3.98. The van der Waals surface area contributed by atoms with Crippen LogP contribution in [-0.4, -0.2) is 31.9 Å². The number of ether oxygens (including phenoxy) is 2. The minimum atomic E-state index is -0.487. The van der Waals surface area contributed by atoms with E-state index in [4.69, 9.17) is 9.47 Å². The third kappa shape index (κ3) is 2.91. The van der Waals surface area contributed by atoms with Crippen molar-refractivity contribution in [2.45, 2.75) is 44.8 Å². The fourth-order valence-corrected chi connectivity index (χ4v) is 2.96. The van der Waals surface area contributed by atoms with Gasteiger partial charge in [0.1, 0.15) is 0 Å². The summed E-state index contributed by atoms with van der Waals surface area (Å²) in [5.41, 5.74) is 2.05. The Balaban J connectivity index is 2.35. The standard InChI is InChI=1S/C16H25NO3/c1-4-10-17-13-7-5-6-12-11(15(13)18)8-9-14(19-2)16(12)20-3/h8-9,13,15,17-18H,4-7,10H2,1-3H3/t13-,15-/m1/s1. The summed E-state index contributed by atoms with van der Waals surface area (Å²) >= 11 is 0. The first-order valence-electron chi connectivity index (χ1n) is 7.38. The molecule has 1 aromatic carbocycles. The predicted octanol–water partition coefficient (Wildman–Crippen LogP) is 2.44. The van der Waals surface area contributed by atoms with Gasteiger partial charge in [-0.1, -0.05) is 13.0 Å². The molecule has 1 aliphatic rings. The van der Waals surface area contributed by atoms with Crippen molar-refractivity contribution in [1.82, 2.24) is 5.32 Å². The fraction of sp³-hybridized carbons (Fsp3) is 0.625. The van der Waals surface area contributed by atoms with E-state index in [2.05, 4.69) is 12.2 Å². The summed E-state index contributed by atoms with van der Waals surface area (Å²) in [7, 11) is 3.30. The zero-order chi connectivity index (χ0) is 14.5. The van der Waals surface area contributed by atoms with Gasteiger partial charge in [0.25, 0.3) is 0 Å². The molecule has 0 aromatic heterocycles. The first-order valence-corrected chi connectivity index (χ1v) is 7.38. The van der Waals surface area contributed by atoms with Gasteiger partial charge in [-0.2, -0.15) is 0 Å². The van der Waals surface area contributed by atoms with Crippen LogP contribution in [0.15, 0.2) is 12.1 Å². The second kappa shape index (κ2) is 6.95. The summed E-state index contributed by atoms with van der Waals surface area (Å²) in [5.74, 6) is 1.50. The van der Waals surface area contributed by atoms with Gasteiger partial charge in [-0.15, -0.1) is 0 Å². The quantitative estimate of drug-likeness (QED) is 0.813. The van der Waals surface area contributed by atoms with E-state index in [9.17, 15) is 5.11 Å². The van der Waals surface area contributed by atoms with Gasteiger partial charge >= 0.3 is 0 Å². The number of benzene rings is 1. The average Bonchev–Trinajstić information content (AvgIpc) is 2.63. The van der Waals surface area contributed by atoms with Crippen molar-refractivity contribution in [3.05, 3.63) is 23.3 Å². The average molecular weight is 279 g/mol. The Hall–Kier alpha value is -1.26. The van der Waals surface area contributed by atoms with Crippen molar-refractivity contribution < 1.29 is 14.6 Å². The molecule has 0 spiro atoms. The predicted molar refractivity (Wildman–Crippen MR) is 79.5 cm³/mol. The van der Waals surface area contributed by atoms with Crippen LogP contribution in [0, 0.1) is 0 Å². The van der Waals surface area contributed by atoms with Crippen LogP contribution in [-0.2, 0) is 6.42 Å². The summed E-state index contributed by atoms with van der Waals surface area (Å²) in [4.78, 5) is 0. The number of nitrogens with one attached hydrogen (secondary N) is 1. The van der Waals surface area contributed by atoms with Gasteiger partial charge in [0.15, 0.2) is 11.5 Å². The first-order chi connectivity index (χ1) is 9.72. The Morgan fingerprint density at radius 3 is 2.75 bits per heavy atom. The number of fused-ring (bicyclic) bond motifs is 1. The molecular weight excluding hydrogens is 254 g/mol. The second-order valence-electron chi connectivity index (χ2n) is 5.27. The third-order valence-corrected chi connectivity index (χ3v) is 3.98. The van der Waals surface area contributed by atoms with Crippen molar-refractivity contribution in [3.8, 4) is 11.5 Å². The number of aliphatic hydroxyl groups excluding tert-OH is 1. The van der Waals surface area contributed by atoms with Gasteiger partial charge in [0.2, 0.25) is 0 Å². The lowest BCUT2D eigenvalue weighted by Crippen LogP contribution is -2.35. The highest BCUT2D eigenvalue weighted by Gasteiger charge is 2.28. The molecule has 0 unspecified atom stereocenters. The van der Waals surface area contributed by atoms with Crippen LogP contribution in [0.3, 0.4) is 0 Å². The maximum Gasteiger partial charge on any atom is 0.164 e. The number of methoxy groups -OCH3 is 2. The molecule has 1 aromatic rings. The molecular formula is C16H25NO3. The second-order valence-corrected chi connectivity index (χ2v) is 5.27. The van der Waals surface area contributed by atoms with Crippen molar-refractivity contribution in [2.75, 3.05) is 20.8 Å². The van der Waals surface area contributed by atoms with E-state index in [1.807, 2.05) is 12.1 Å². The van der Waals surface area contributed by atoms with Gasteiger partial charge in [0.05, 0.1) is 20.3 Å². The van der Waals surface area contributed by atoms with Crippen LogP contribution in [0.2, 0.25) is 0 Å². The van der Waals surface area contributed by atoms with Gasteiger partial charge < -0.3 is 19.9 Å². The largest absolute Gasteiger partial charge is 0.493 e. The zero-order valence-electron chi connectivity index (χ0n) is 12.6. The summed E-state index contributed by atoms with van der Waals surface area (Å²) in [6.45, 7) is 3.07. The summed E-state index contributed by atoms with van der Waals surface area (Å²) in [6, 6.07) is 3.96. The summed E-state index contributed by atoms with van der Waals surface area (Å²) in [6.07, 6.45) is 3.51. The highest BCUT2D eigenvalue weighted by Crippen LogP contribution is 2.40. The topological polar surface area (TPSA) is 50.7 Å². The summed E-state index contributed by atoms with van der Waals surface area (Å²) in [5, 5.41) is 14.1. The molecule has 112 valence electrons. The minimum absolute atomic E-state index is 0.120. The SMILES string of the molecule is CCCN[C@@H]1CCCc2c(ccc(OC)c2OC)[C@H]1O. The Kier molecular flexibility index (Phi) is 5.26. The molecule has 2 rings (SSSR count). The van der Waals surface area contributed by atoms with Crippen molar-refractivity contribution >= 4 is 0 Å². The van der Waals surface area contributed by atoms with E-state index in [-0.39, 0.29) is 6.04 Å². The van der Waals surface area contributed by atoms with Crippen LogP contribution in [0.4, 0.5) is 0 Å². The molecule has 0 aliphatic heterocycles. The number of hydrogen-bond acceptors (Lipinski definition) is 4. The molecule has 20 heavy (non-hydrogen) atoms. The molecule has 0 fully saturated rings. The maximum absolute atomic E-state index is 10.7. The number of hydrogen-bond donors (Lipinski definition) is 2. The Morgan fingerprint density at radius 2 is 2.10 bits per heavy atom. The van der Waals surface area contributed by atoms with Crippen molar-refractivity contribution in [3.63, 3.8) is 0 Å². The van der Waals surface area contributed by atoms with Gasteiger partial charge in [-0.25, -0.2) is 0 Å². The molecule has 0 heterocycles. The zero-order valence-corrected chi connectivity index (χ0v) is 12.6. The Morgan fingerprint density at radius 1 is 1.30 bits per heavy atom. The fourth-order valence-electron chi connectivity index (χ4n) is 2.96. The highest BCUT2D eigenvalue weighted by atomic mass is 16.5. The maximum atomic E-state index is 10.7. The van der Waals surface area contributed by atoms with Crippen molar-refractivity contribution in [2.24, 2.45) is 0 Å². The Labute approximate surface area is 121 Å². The van der Waals surface area contributed by atoms with Crippen LogP contribution >= 0.6 is 0 Å². The van der Waals surface area contributed by atoms with Crippen LogP contribution < -0.4 is 14.8 Å². The molecule has 1 aliphatic carbocycles. The van der Waals surface area contributed by atoms with E-state index < -0.39 is 6.10 Å². The lowest BCUT2D eigenvalue weighted by atomic mass is 9.97. The van der Waals surface area contributed by atoms with Gasteiger partial charge in [-0.05, 0) is 43.9 Å². The monoisotopic (exact) mass is 279 g/mol. The van der Waals surface area contributed by atoms with E-state index in [1.165, 1.54) is 0 Å². The highest BCUT2D eigenvalue weighted by molar-refractivity contribution is 5.52. The lowest BCUT2D eigenvalue weighted by Gasteiger charge is -2.24. The molecule has 4 nitrogen and oxygen atoms in total. The Bertz CT molecular complexity index is 448. The first kappa shape index (κ1) is 15.1. The van der Waals surface area contributed by atoms with Gasteiger partial charge in [0, 0.05) is 11.6 Å². The van der Waals surface area contributed by atoms with E-state index >= 15 is 0 Å². The molecule has 0 radical (unpaired) electrons. The van der Waals surface area contributed by atoms with Crippen LogP contribution in [0.25, 0.3) is 0 Å². The summed E-state index contributed by atoms with van der Waals surface area (Å²) < 4.78 is 10.8. The molecule has 0 saturated carbocycles.